The Morgan fingerprint density at radius 3 is 2.45 bits per heavy atom. The number of aryl methyl sites for hydroxylation is 1. The molecule has 0 unspecified atom stereocenters. The minimum Gasteiger partial charge on any atom is -0.454 e. The first kappa shape index (κ1) is 23.2. The van der Waals surface area contributed by atoms with E-state index in [0.29, 0.717) is 33.3 Å². The molecule has 0 atom stereocenters. The minimum atomic E-state index is -0.851. The lowest BCUT2D eigenvalue weighted by molar-refractivity contribution is 0.0963. The molecule has 0 spiro atoms. The average Bonchev–Trinajstić information content (AvgIpc) is 2.70. The molecule has 0 aliphatic rings. The van der Waals surface area contributed by atoms with E-state index in [9.17, 15) is 14.0 Å². The highest BCUT2D eigenvalue weighted by Crippen LogP contribution is 2.41. The second kappa shape index (κ2) is 9.80. The molecule has 2 N–H and O–H groups in total. The smallest absolute Gasteiger partial charge is 0.326 e. The number of ether oxygens (including phenoxy) is 1. The molecular weight excluding hydrogens is 555 g/mol. The van der Waals surface area contributed by atoms with Crippen molar-refractivity contribution in [3.05, 3.63) is 85.0 Å². The summed E-state index contributed by atoms with van der Waals surface area (Å²) in [4.78, 5) is 24.4. The lowest BCUT2D eigenvalue weighted by Gasteiger charge is -2.17. The van der Waals surface area contributed by atoms with Crippen molar-refractivity contribution in [1.29, 1.82) is 0 Å². The Morgan fingerprint density at radius 2 is 1.77 bits per heavy atom. The Bertz CT molecular complexity index is 1190. The zero-order valence-electron chi connectivity index (χ0n) is 16.4. The molecule has 3 amide bonds. The van der Waals surface area contributed by atoms with E-state index in [0.717, 1.165) is 15.0 Å². The highest BCUT2D eigenvalue weighted by Gasteiger charge is 2.18. The number of hydrogen-bond acceptors (Lipinski definition) is 3. The molecule has 31 heavy (non-hydrogen) atoms. The van der Waals surface area contributed by atoms with Crippen molar-refractivity contribution in [3.63, 3.8) is 0 Å². The number of rotatable bonds is 4. The van der Waals surface area contributed by atoms with Crippen LogP contribution in [0.25, 0.3) is 0 Å². The Hall–Kier alpha value is -2.42. The van der Waals surface area contributed by atoms with Gasteiger partial charge >= 0.3 is 6.03 Å². The number of imide groups is 1. The lowest BCUT2D eigenvalue weighted by Crippen LogP contribution is -2.35. The fourth-order valence-corrected chi connectivity index (χ4v) is 4.16. The van der Waals surface area contributed by atoms with E-state index in [1.165, 1.54) is 18.2 Å². The van der Waals surface area contributed by atoms with Crippen LogP contribution in [0, 0.1) is 19.7 Å². The fourth-order valence-electron chi connectivity index (χ4n) is 2.74. The van der Waals surface area contributed by atoms with E-state index in [1.807, 2.05) is 12.1 Å². The first-order valence-electron chi connectivity index (χ1n) is 8.97. The van der Waals surface area contributed by atoms with Gasteiger partial charge in [0, 0.05) is 10.2 Å². The van der Waals surface area contributed by atoms with Crippen molar-refractivity contribution in [3.8, 4) is 11.5 Å². The maximum absolute atomic E-state index is 13.7. The lowest BCUT2D eigenvalue weighted by atomic mass is 10.1. The standard InChI is InChI=1S/C22H16Br2ClFN2O3/c1-11-9-17(27-22(30)28-21(29)14-5-3-4-6-16(14)26)12(2)19(25)20(11)31-18-8-7-13(23)10-15(18)24/h3-10H,1-2H3,(H2,27,28,29,30). The number of anilines is 1. The molecule has 0 aliphatic heterocycles. The number of hydrogen-bond donors (Lipinski definition) is 2. The molecule has 3 aromatic rings. The third-order valence-corrected chi connectivity index (χ3v) is 5.92. The number of urea groups is 1. The van der Waals surface area contributed by atoms with Gasteiger partial charge in [-0.1, -0.05) is 39.7 Å². The monoisotopic (exact) mass is 568 g/mol. The van der Waals surface area contributed by atoms with Crippen LogP contribution in [0.15, 0.2) is 57.5 Å². The van der Waals surface area contributed by atoms with Gasteiger partial charge in [-0.3, -0.25) is 10.1 Å². The first-order chi connectivity index (χ1) is 14.7. The normalized spacial score (nSPS) is 10.5. The van der Waals surface area contributed by atoms with E-state index in [1.54, 1.807) is 26.0 Å². The largest absolute Gasteiger partial charge is 0.454 e. The maximum Gasteiger partial charge on any atom is 0.326 e. The molecule has 0 saturated carbocycles. The Labute approximate surface area is 200 Å². The molecule has 0 heterocycles. The Kier molecular flexibility index (Phi) is 7.35. The topological polar surface area (TPSA) is 67.4 Å². The number of carbonyl (C=O) groups excluding carboxylic acids is 2. The van der Waals surface area contributed by atoms with Gasteiger partial charge in [-0.2, -0.15) is 0 Å². The van der Waals surface area contributed by atoms with Gasteiger partial charge in [0.25, 0.3) is 5.91 Å². The molecular formula is C22H16Br2ClFN2O3. The van der Waals surface area contributed by atoms with Crippen LogP contribution in [-0.2, 0) is 0 Å². The predicted octanol–water partition coefficient (Wildman–Crippen LogP) is 7.38. The van der Waals surface area contributed by atoms with Gasteiger partial charge < -0.3 is 10.1 Å². The van der Waals surface area contributed by atoms with Crippen LogP contribution in [0.1, 0.15) is 21.5 Å². The summed E-state index contributed by atoms with van der Waals surface area (Å²) in [6.07, 6.45) is 0. The van der Waals surface area contributed by atoms with E-state index in [4.69, 9.17) is 16.3 Å². The number of nitrogens with one attached hydrogen (secondary N) is 2. The molecule has 0 fully saturated rings. The number of carbonyl (C=O) groups is 2. The number of amides is 3. The maximum atomic E-state index is 13.7. The summed E-state index contributed by atoms with van der Waals surface area (Å²) in [6, 6.07) is 11.7. The number of benzene rings is 3. The third-order valence-electron chi connectivity index (χ3n) is 4.35. The first-order valence-corrected chi connectivity index (χ1v) is 10.9. The van der Waals surface area contributed by atoms with Gasteiger partial charge in [0.15, 0.2) is 0 Å². The molecule has 160 valence electrons. The van der Waals surface area contributed by atoms with Crippen LogP contribution in [0.2, 0.25) is 5.02 Å². The highest BCUT2D eigenvalue weighted by atomic mass is 79.9. The Morgan fingerprint density at radius 1 is 1.06 bits per heavy atom. The number of halogens is 4. The van der Waals surface area contributed by atoms with Crippen LogP contribution in [0.4, 0.5) is 14.9 Å². The predicted molar refractivity (Wildman–Crippen MR) is 126 cm³/mol. The SMILES string of the molecule is Cc1cc(NC(=O)NC(=O)c2ccccc2F)c(C)c(Cl)c1Oc1ccc(Br)cc1Br. The van der Waals surface area contributed by atoms with Crippen LogP contribution >= 0.6 is 43.5 Å². The summed E-state index contributed by atoms with van der Waals surface area (Å²) in [5.41, 5.74) is 1.38. The molecule has 0 aliphatic carbocycles. The molecule has 0 saturated heterocycles. The second-order valence-corrected chi connectivity index (χ2v) is 8.72. The van der Waals surface area contributed by atoms with E-state index < -0.39 is 17.8 Å². The summed E-state index contributed by atoms with van der Waals surface area (Å²) < 4.78 is 21.3. The van der Waals surface area contributed by atoms with Crippen molar-refractivity contribution < 1.29 is 18.7 Å². The zero-order valence-corrected chi connectivity index (χ0v) is 20.3. The van der Waals surface area contributed by atoms with Crippen molar-refractivity contribution in [2.24, 2.45) is 0 Å². The molecule has 3 rings (SSSR count). The van der Waals surface area contributed by atoms with Crippen LogP contribution in [0.5, 0.6) is 11.5 Å². The molecule has 3 aromatic carbocycles. The van der Waals surface area contributed by atoms with E-state index in [2.05, 4.69) is 42.5 Å². The molecule has 5 nitrogen and oxygen atoms in total. The van der Waals surface area contributed by atoms with Crippen LogP contribution in [-0.4, -0.2) is 11.9 Å². The van der Waals surface area contributed by atoms with E-state index >= 15 is 0 Å². The molecule has 0 aromatic heterocycles. The molecule has 0 radical (unpaired) electrons. The summed E-state index contributed by atoms with van der Waals surface area (Å²) in [5, 5.41) is 4.99. The average molecular weight is 571 g/mol. The van der Waals surface area contributed by atoms with Crippen LogP contribution < -0.4 is 15.4 Å². The molecule has 9 heteroatoms. The summed E-state index contributed by atoms with van der Waals surface area (Å²) in [7, 11) is 0. The molecule has 0 bridgehead atoms. The third kappa shape index (κ3) is 5.44. The Balaban J connectivity index is 1.79. The van der Waals surface area contributed by atoms with E-state index in [-0.39, 0.29) is 5.56 Å². The van der Waals surface area contributed by atoms with Crippen LogP contribution in [0.3, 0.4) is 0 Å². The van der Waals surface area contributed by atoms with Gasteiger partial charge in [0.05, 0.1) is 15.1 Å². The summed E-state index contributed by atoms with van der Waals surface area (Å²) in [5.74, 6) is -0.559. The quantitative estimate of drug-likeness (QED) is 0.344. The summed E-state index contributed by atoms with van der Waals surface area (Å²) in [6.45, 7) is 3.49. The minimum absolute atomic E-state index is 0.229. The van der Waals surface area contributed by atoms with Gasteiger partial charge in [-0.25, -0.2) is 9.18 Å². The van der Waals surface area contributed by atoms with Crippen molar-refractivity contribution >= 4 is 61.1 Å². The van der Waals surface area contributed by atoms with Crippen molar-refractivity contribution in [2.75, 3.05) is 5.32 Å². The zero-order chi connectivity index (χ0) is 22.7. The fraction of sp³-hybridized carbons (Fsp3) is 0.0909. The van der Waals surface area contributed by atoms with Gasteiger partial charge in [-0.15, -0.1) is 0 Å². The van der Waals surface area contributed by atoms with Gasteiger partial charge in [0.1, 0.15) is 17.3 Å². The highest BCUT2D eigenvalue weighted by molar-refractivity contribution is 9.11. The van der Waals surface area contributed by atoms with Crippen molar-refractivity contribution in [2.45, 2.75) is 13.8 Å². The summed E-state index contributed by atoms with van der Waals surface area (Å²) >= 11 is 13.3. The van der Waals surface area contributed by atoms with Gasteiger partial charge in [0.2, 0.25) is 0 Å². The van der Waals surface area contributed by atoms with Crippen molar-refractivity contribution in [1.82, 2.24) is 5.32 Å². The second-order valence-electron chi connectivity index (χ2n) is 6.57. The van der Waals surface area contributed by atoms with Gasteiger partial charge in [-0.05, 0) is 77.3 Å².